The van der Waals surface area contributed by atoms with E-state index < -0.39 is 22.7 Å². The number of aryl methyl sites for hydroxylation is 1. The summed E-state index contributed by atoms with van der Waals surface area (Å²) in [5, 5.41) is 22.7. The van der Waals surface area contributed by atoms with Crippen LogP contribution in [0.15, 0.2) is 54.1 Å². The highest BCUT2D eigenvalue weighted by Gasteiger charge is 2.35. The Morgan fingerprint density at radius 1 is 1.14 bits per heavy atom. The van der Waals surface area contributed by atoms with Crippen LogP contribution in [-0.2, 0) is 9.59 Å². The Bertz CT molecular complexity index is 1520. The van der Waals surface area contributed by atoms with Crippen LogP contribution >= 0.6 is 12.2 Å². The Morgan fingerprint density at radius 3 is 2.41 bits per heavy atom. The van der Waals surface area contributed by atoms with Gasteiger partial charge in [-0.05, 0) is 74.1 Å². The third-order valence-corrected chi connectivity index (χ3v) is 6.14. The highest BCUT2D eigenvalue weighted by atomic mass is 32.1. The number of aromatic carboxylic acids is 1. The van der Waals surface area contributed by atoms with Crippen LogP contribution in [0, 0.1) is 24.0 Å². The van der Waals surface area contributed by atoms with Gasteiger partial charge in [0.15, 0.2) is 5.11 Å². The number of carboxylic acid groups (broad SMARTS) is 1. The number of hydrogen-bond acceptors (Lipinski definition) is 7. The third-order valence-electron chi connectivity index (χ3n) is 5.86. The van der Waals surface area contributed by atoms with Gasteiger partial charge in [-0.3, -0.25) is 29.9 Å². The van der Waals surface area contributed by atoms with E-state index >= 15 is 0 Å². The third kappa shape index (κ3) is 4.57. The fourth-order valence-corrected chi connectivity index (χ4v) is 4.35. The summed E-state index contributed by atoms with van der Waals surface area (Å²) in [6.45, 7) is 3.59. The van der Waals surface area contributed by atoms with Gasteiger partial charge in [-0.1, -0.05) is 0 Å². The summed E-state index contributed by atoms with van der Waals surface area (Å²) < 4.78 is 7.17. The lowest BCUT2D eigenvalue weighted by atomic mass is 10.1. The molecule has 1 aliphatic rings. The van der Waals surface area contributed by atoms with Crippen LogP contribution in [0.3, 0.4) is 0 Å². The molecule has 1 aliphatic heterocycles. The molecule has 2 aromatic carbocycles. The molecule has 0 atom stereocenters. The van der Waals surface area contributed by atoms with Gasteiger partial charge in [0.25, 0.3) is 17.5 Å². The first-order chi connectivity index (χ1) is 17.5. The standard InChI is InChI=1S/C25H20N4O7S/c1-13-10-16(14(2)27(13)20-9-8-18(29(34)35)12-21(20)36-3)11-19-22(30)26-25(37)28(23(19)31)17-6-4-15(5-7-17)24(32)33/h4-12H,1-3H3,(H,32,33)(H,26,30,37)/b19-11+. The van der Waals surface area contributed by atoms with Crippen LogP contribution in [0.4, 0.5) is 11.4 Å². The molecule has 4 rings (SSSR count). The molecule has 2 N–H and O–H groups in total. The van der Waals surface area contributed by atoms with Crippen LogP contribution in [0.1, 0.15) is 27.3 Å². The number of carbonyl (C=O) groups is 3. The lowest BCUT2D eigenvalue weighted by molar-refractivity contribution is -0.384. The average Bonchev–Trinajstić information content (AvgIpc) is 3.13. The minimum Gasteiger partial charge on any atom is -0.494 e. The number of hydrogen-bond donors (Lipinski definition) is 2. The van der Waals surface area contributed by atoms with Crippen molar-refractivity contribution in [3.05, 3.63) is 86.7 Å². The minimum atomic E-state index is -1.12. The van der Waals surface area contributed by atoms with Gasteiger partial charge in [0.05, 0.1) is 35.0 Å². The van der Waals surface area contributed by atoms with E-state index in [1.165, 1.54) is 49.6 Å². The molecule has 0 spiro atoms. The van der Waals surface area contributed by atoms with Crippen LogP contribution in [-0.4, -0.2) is 44.6 Å². The van der Waals surface area contributed by atoms with E-state index in [0.717, 1.165) is 10.6 Å². The molecular formula is C25H20N4O7S. The predicted molar refractivity (Wildman–Crippen MR) is 138 cm³/mol. The number of thiocarbonyl (C=S) groups is 1. The largest absolute Gasteiger partial charge is 0.494 e. The maximum absolute atomic E-state index is 13.3. The zero-order chi connectivity index (χ0) is 27.0. The van der Waals surface area contributed by atoms with Crippen molar-refractivity contribution in [1.29, 1.82) is 0 Å². The van der Waals surface area contributed by atoms with Crippen molar-refractivity contribution in [2.45, 2.75) is 13.8 Å². The van der Waals surface area contributed by atoms with Crippen LogP contribution in [0.25, 0.3) is 11.8 Å². The van der Waals surface area contributed by atoms with Crippen LogP contribution in [0.5, 0.6) is 5.75 Å². The number of rotatable bonds is 6. The number of aromatic nitrogens is 1. The smallest absolute Gasteiger partial charge is 0.335 e. The van der Waals surface area contributed by atoms with Crippen LogP contribution in [0.2, 0.25) is 0 Å². The molecule has 0 saturated carbocycles. The van der Waals surface area contributed by atoms with E-state index in [1.54, 1.807) is 23.6 Å². The number of nitrogens with one attached hydrogen (secondary N) is 1. The first-order valence-electron chi connectivity index (χ1n) is 10.8. The number of nitrogens with zero attached hydrogens (tertiary/aromatic N) is 3. The summed E-state index contributed by atoms with van der Waals surface area (Å²) in [7, 11) is 1.41. The van der Waals surface area contributed by atoms with Crippen molar-refractivity contribution in [2.75, 3.05) is 12.0 Å². The fraction of sp³-hybridized carbons (Fsp3) is 0.120. The van der Waals surface area contributed by atoms with Crippen molar-refractivity contribution in [3.8, 4) is 11.4 Å². The van der Waals surface area contributed by atoms with Crippen molar-refractivity contribution < 1.29 is 29.2 Å². The zero-order valence-electron chi connectivity index (χ0n) is 19.8. The van der Waals surface area contributed by atoms with E-state index in [0.29, 0.717) is 22.6 Å². The van der Waals surface area contributed by atoms with Crippen molar-refractivity contribution in [3.63, 3.8) is 0 Å². The van der Waals surface area contributed by atoms with Gasteiger partial charge in [0.1, 0.15) is 11.3 Å². The second-order valence-corrected chi connectivity index (χ2v) is 8.47. The Labute approximate surface area is 215 Å². The lowest BCUT2D eigenvalue weighted by Crippen LogP contribution is -2.54. The molecule has 1 fully saturated rings. The molecule has 2 heterocycles. The second kappa shape index (κ2) is 9.66. The first kappa shape index (κ1) is 25.3. The number of anilines is 1. The number of carboxylic acids is 1. The quantitative estimate of drug-likeness (QED) is 0.165. The number of nitro groups is 1. The highest BCUT2D eigenvalue weighted by Crippen LogP contribution is 2.32. The number of ether oxygens (including phenoxy) is 1. The molecule has 12 heteroatoms. The maximum atomic E-state index is 13.3. The summed E-state index contributed by atoms with van der Waals surface area (Å²) >= 11 is 5.20. The number of methoxy groups -OCH3 is 1. The van der Waals surface area contributed by atoms with E-state index in [9.17, 15) is 24.5 Å². The summed E-state index contributed by atoms with van der Waals surface area (Å²) in [4.78, 5) is 49.0. The molecular weight excluding hydrogens is 500 g/mol. The van der Waals surface area contributed by atoms with Crippen molar-refractivity contribution in [2.24, 2.45) is 0 Å². The molecule has 2 amide bonds. The second-order valence-electron chi connectivity index (χ2n) is 8.09. The zero-order valence-corrected chi connectivity index (χ0v) is 20.7. The monoisotopic (exact) mass is 520 g/mol. The molecule has 0 aliphatic carbocycles. The van der Waals surface area contributed by atoms with Crippen LogP contribution < -0.4 is 15.0 Å². The number of benzene rings is 2. The van der Waals surface area contributed by atoms with Gasteiger partial charge in [0, 0.05) is 17.5 Å². The summed E-state index contributed by atoms with van der Waals surface area (Å²) in [6.07, 6.45) is 1.44. The molecule has 0 unspecified atom stereocenters. The normalized spacial score (nSPS) is 14.6. The van der Waals surface area contributed by atoms with Crippen molar-refractivity contribution >= 4 is 52.6 Å². The summed E-state index contributed by atoms with van der Waals surface area (Å²) in [6, 6.07) is 11.5. The topological polar surface area (TPSA) is 144 Å². The van der Waals surface area contributed by atoms with E-state index in [4.69, 9.17) is 22.1 Å². The number of carbonyl (C=O) groups excluding carboxylic acids is 2. The van der Waals surface area contributed by atoms with E-state index in [1.807, 2.05) is 6.92 Å². The Kier molecular flexibility index (Phi) is 6.60. The number of non-ortho nitro benzene ring substituents is 1. The number of amides is 2. The number of nitro benzene ring substituents is 1. The van der Waals surface area contributed by atoms with E-state index in [2.05, 4.69) is 5.32 Å². The Morgan fingerprint density at radius 2 is 1.81 bits per heavy atom. The highest BCUT2D eigenvalue weighted by molar-refractivity contribution is 7.80. The molecule has 3 aromatic rings. The fourth-order valence-electron chi connectivity index (χ4n) is 4.07. The predicted octanol–water partition coefficient (Wildman–Crippen LogP) is 3.54. The Balaban J connectivity index is 1.76. The van der Waals surface area contributed by atoms with Gasteiger partial charge in [-0.25, -0.2) is 4.79 Å². The van der Waals surface area contributed by atoms with Gasteiger partial charge >= 0.3 is 5.97 Å². The van der Waals surface area contributed by atoms with Gasteiger partial charge in [-0.2, -0.15) is 0 Å². The minimum absolute atomic E-state index is 0.0352. The lowest BCUT2D eigenvalue weighted by Gasteiger charge is -2.29. The Hall–Kier alpha value is -4.84. The van der Waals surface area contributed by atoms with Gasteiger partial charge < -0.3 is 14.4 Å². The molecule has 37 heavy (non-hydrogen) atoms. The maximum Gasteiger partial charge on any atom is 0.335 e. The SMILES string of the molecule is COc1cc([N+](=O)[O-])ccc1-n1c(C)cc(/C=C2\C(=O)NC(=S)N(c3ccc(C(=O)O)cc3)C2=O)c1C. The van der Waals surface area contributed by atoms with Gasteiger partial charge in [0.2, 0.25) is 0 Å². The molecule has 1 saturated heterocycles. The summed E-state index contributed by atoms with van der Waals surface area (Å²) in [5.74, 6) is -2.18. The molecule has 0 bridgehead atoms. The van der Waals surface area contributed by atoms with Gasteiger partial charge in [-0.15, -0.1) is 0 Å². The van der Waals surface area contributed by atoms with E-state index in [-0.39, 0.29) is 27.7 Å². The molecule has 188 valence electrons. The molecule has 11 nitrogen and oxygen atoms in total. The average molecular weight is 521 g/mol. The molecule has 0 radical (unpaired) electrons. The van der Waals surface area contributed by atoms with Crippen molar-refractivity contribution in [1.82, 2.24) is 9.88 Å². The summed E-state index contributed by atoms with van der Waals surface area (Å²) in [5.41, 5.74) is 2.54. The first-order valence-corrected chi connectivity index (χ1v) is 11.2. The molecule has 1 aromatic heterocycles.